The first-order valence-electron chi connectivity index (χ1n) is 7.75. The van der Waals surface area contributed by atoms with Gasteiger partial charge in [-0.05, 0) is 11.6 Å². The van der Waals surface area contributed by atoms with Gasteiger partial charge in [0.2, 0.25) is 0 Å². The minimum Gasteiger partial charge on any atom is -0.420 e. The van der Waals surface area contributed by atoms with Crippen LogP contribution in [-0.4, -0.2) is 30.5 Å². The maximum atomic E-state index is 12.2. The lowest BCUT2D eigenvalue weighted by molar-refractivity contribution is 0.0734. The van der Waals surface area contributed by atoms with Crippen molar-refractivity contribution in [3.63, 3.8) is 0 Å². The Hall–Kier alpha value is -3.48. The molecule has 0 spiro atoms. The number of fused-ring (bicyclic) bond motifs is 1. The van der Waals surface area contributed by atoms with E-state index in [4.69, 9.17) is 4.74 Å². The average Bonchev–Trinajstić information content (AvgIpc) is 3.22. The minimum absolute atomic E-state index is 0.371. The van der Waals surface area contributed by atoms with Crippen LogP contribution in [0.5, 0.6) is 5.75 Å². The summed E-state index contributed by atoms with van der Waals surface area (Å²) in [6.07, 6.45) is 6.32. The summed E-state index contributed by atoms with van der Waals surface area (Å²) in [5.41, 5.74) is 2.23. The molecule has 0 aliphatic carbocycles. The van der Waals surface area contributed by atoms with E-state index in [9.17, 15) is 4.79 Å². The normalized spacial score (nSPS) is 10.9. The Morgan fingerprint density at radius 1 is 1.12 bits per heavy atom. The first-order chi connectivity index (χ1) is 12.2. The lowest BCUT2D eigenvalue weighted by Crippen LogP contribution is -2.09. The zero-order chi connectivity index (χ0) is 17.2. The number of hydrogen-bond donors (Lipinski definition) is 0. The summed E-state index contributed by atoms with van der Waals surface area (Å²) < 4.78 is 8.66. The van der Waals surface area contributed by atoms with Gasteiger partial charge < -0.3 is 4.74 Å². The molecule has 0 fully saturated rings. The molecule has 25 heavy (non-hydrogen) atoms. The molecule has 4 rings (SSSR count). The van der Waals surface area contributed by atoms with Crippen molar-refractivity contribution in [2.75, 3.05) is 0 Å². The predicted molar refractivity (Wildman–Crippen MR) is 91.2 cm³/mol. The third-order valence-electron chi connectivity index (χ3n) is 3.78. The second kappa shape index (κ2) is 6.20. The third-order valence-corrected chi connectivity index (χ3v) is 3.78. The smallest absolute Gasteiger partial charge is 0.345 e. The molecule has 0 saturated carbocycles. The topological polar surface area (TPSA) is 74.8 Å². The summed E-state index contributed by atoms with van der Waals surface area (Å²) in [5.74, 6) is -0.0782. The second-order valence-corrected chi connectivity index (χ2v) is 5.66. The molecule has 7 nitrogen and oxygen atoms in total. The highest BCUT2D eigenvalue weighted by Crippen LogP contribution is 2.16. The van der Waals surface area contributed by atoms with Crippen LogP contribution in [0.1, 0.15) is 15.9 Å². The van der Waals surface area contributed by atoms with Crippen molar-refractivity contribution in [2.45, 2.75) is 6.54 Å². The molecular formula is C18H15N5O2. The Kier molecular flexibility index (Phi) is 3.74. The van der Waals surface area contributed by atoms with Crippen molar-refractivity contribution < 1.29 is 9.53 Å². The first kappa shape index (κ1) is 15.1. The maximum Gasteiger partial charge on any atom is 0.345 e. The monoisotopic (exact) mass is 333 g/mol. The molecule has 0 aliphatic rings. The zero-order valence-electron chi connectivity index (χ0n) is 13.5. The number of carbonyl (C=O) groups excluding carboxylic acids is 1. The highest BCUT2D eigenvalue weighted by atomic mass is 16.5. The van der Waals surface area contributed by atoms with Crippen molar-refractivity contribution in [1.29, 1.82) is 0 Å². The lowest BCUT2D eigenvalue weighted by atomic mass is 10.2. The quantitative estimate of drug-likeness (QED) is 0.536. The molecule has 3 aromatic heterocycles. The van der Waals surface area contributed by atoms with E-state index in [1.54, 1.807) is 34.9 Å². The highest BCUT2D eigenvalue weighted by Gasteiger charge is 2.13. The molecule has 0 radical (unpaired) electrons. The second-order valence-electron chi connectivity index (χ2n) is 5.66. The van der Waals surface area contributed by atoms with Gasteiger partial charge in [0.15, 0.2) is 11.4 Å². The predicted octanol–water partition coefficient (Wildman–Crippen LogP) is 2.43. The molecule has 1 aromatic carbocycles. The number of rotatable bonds is 4. The SMILES string of the molecule is Cn1cc(OC(=O)c2cnc3c(cnn3Cc3ccccc3)c2)cn1. The van der Waals surface area contributed by atoms with Crippen molar-refractivity contribution in [3.8, 4) is 5.75 Å². The van der Waals surface area contributed by atoms with Crippen molar-refractivity contribution in [1.82, 2.24) is 24.5 Å². The summed E-state index contributed by atoms with van der Waals surface area (Å²) in [6.45, 7) is 0.622. The molecule has 0 amide bonds. The summed E-state index contributed by atoms with van der Waals surface area (Å²) >= 11 is 0. The van der Waals surface area contributed by atoms with Gasteiger partial charge in [-0.25, -0.2) is 14.5 Å². The number of carbonyl (C=O) groups is 1. The van der Waals surface area contributed by atoms with Crippen LogP contribution in [0.25, 0.3) is 11.0 Å². The van der Waals surface area contributed by atoms with E-state index in [1.165, 1.54) is 12.4 Å². The van der Waals surface area contributed by atoms with Gasteiger partial charge in [-0.2, -0.15) is 10.2 Å². The zero-order valence-corrected chi connectivity index (χ0v) is 13.5. The number of ether oxygens (including phenoxy) is 1. The van der Waals surface area contributed by atoms with Crippen LogP contribution >= 0.6 is 0 Å². The molecule has 7 heteroatoms. The van der Waals surface area contributed by atoms with Crippen LogP contribution in [0.15, 0.2) is 61.2 Å². The van der Waals surface area contributed by atoms with Gasteiger partial charge in [0.1, 0.15) is 0 Å². The molecule has 0 bridgehead atoms. The average molecular weight is 333 g/mol. The van der Waals surface area contributed by atoms with Crippen molar-refractivity contribution >= 4 is 17.0 Å². The molecule has 0 saturated heterocycles. The van der Waals surface area contributed by atoms with E-state index in [2.05, 4.69) is 15.2 Å². The Bertz CT molecular complexity index is 1040. The summed E-state index contributed by atoms with van der Waals surface area (Å²) in [4.78, 5) is 16.6. The van der Waals surface area contributed by atoms with Gasteiger partial charge in [0.05, 0.1) is 30.7 Å². The van der Waals surface area contributed by atoms with E-state index in [1.807, 2.05) is 30.3 Å². The minimum atomic E-state index is -0.474. The number of hydrogen-bond acceptors (Lipinski definition) is 5. The molecule has 0 aliphatic heterocycles. The molecule has 4 aromatic rings. The van der Waals surface area contributed by atoms with Gasteiger partial charge in [-0.15, -0.1) is 0 Å². The van der Waals surface area contributed by atoms with E-state index in [-0.39, 0.29) is 0 Å². The summed E-state index contributed by atoms with van der Waals surface area (Å²) in [6, 6.07) is 11.8. The lowest BCUT2D eigenvalue weighted by Gasteiger charge is -2.04. The molecular weight excluding hydrogens is 318 g/mol. The number of aryl methyl sites for hydroxylation is 1. The fourth-order valence-corrected chi connectivity index (χ4v) is 2.57. The van der Waals surface area contributed by atoms with Gasteiger partial charge >= 0.3 is 5.97 Å². The fourth-order valence-electron chi connectivity index (χ4n) is 2.57. The number of aromatic nitrogens is 5. The largest absolute Gasteiger partial charge is 0.420 e. The van der Waals surface area contributed by atoms with Crippen LogP contribution in [0.2, 0.25) is 0 Å². The van der Waals surface area contributed by atoms with Crippen molar-refractivity contribution in [3.05, 3.63) is 72.3 Å². The molecule has 0 N–H and O–H groups in total. The Labute approximate surface area is 143 Å². The van der Waals surface area contributed by atoms with Gasteiger partial charge in [0, 0.05) is 18.6 Å². The van der Waals surface area contributed by atoms with Gasteiger partial charge in [0.25, 0.3) is 0 Å². The van der Waals surface area contributed by atoms with Crippen LogP contribution in [0.3, 0.4) is 0 Å². The standard InChI is InChI=1S/C18H15N5O2/c1-22-12-16(10-20-22)25-18(24)15-7-14-9-21-23(17(14)19-8-15)11-13-5-3-2-4-6-13/h2-10,12H,11H2,1H3. The first-order valence-corrected chi connectivity index (χ1v) is 7.75. The van der Waals surface area contributed by atoms with E-state index < -0.39 is 5.97 Å². The highest BCUT2D eigenvalue weighted by molar-refractivity contribution is 5.94. The molecule has 0 unspecified atom stereocenters. The van der Waals surface area contributed by atoms with E-state index in [0.717, 1.165) is 16.6 Å². The summed E-state index contributed by atoms with van der Waals surface area (Å²) in [5, 5.41) is 9.12. The Morgan fingerprint density at radius 2 is 1.96 bits per heavy atom. The fraction of sp³-hybridized carbons (Fsp3) is 0.111. The molecule has 0 atom stereocenters. The summed E-state index contributed by atoms with van der Waals surface area (Å²) in [7, 11) is 1.76. The van der Waals surface area contributed by atoms with Gasteiger partial charge in [-0.3, -0.25) is 4.68 Å². The third kappa shape index (κ3) is 3.12. The molecule has 3 heterocycles. The number of pyridine rings is 1. The van der Waals surface area contributed by atoms with Gasteiger partial charge in [-0.1, -0.05) is 30.3 Å². The number of nitrogens with zero attached hydrogens (tertiary/aromatic N) is 5. The Balaban J connectivity index is 1.57. The van der Waals surface area contributed by atoms with E-state index in [0.29, 0.717) is 17.9 Å². The van der Waals surface area contributed by atoms with Crippen molar-refractivity contribution in [2.24, 2.45) is 7.05 Å². The van der Waals surface area contributed by atoms with Crippen LogP contribution in [0, 0.1) is 0 Å². The maximum absolute atomic E-state index is 12.2. The van der Waals surface area contributed by atoms with Crippen LogP contribution < -0.4 is 4.74 Å². The van der Waals surface area contributed by atoms with E-state index >= 15 is 0 Å². The molecule has 124 valence electrons. The van der Waals surface area contributed by atoms with Crippen LogP contribution in [0.4, 0.5) is 0 Å². The Morgan fingerprint density at radius 3 is 2.72 bits per heavy atom. The number of esters is 1. The number of benzene rings is 1. The van der Waals surface area contributed by atoms with Crippen LogP contribution in [-0.2, 0) is 13.6 Å².